The Labute approximate surface area is 109 Å². The number of amides is 3. The Hall–Kier alpha value is -2.58. The third-order valence-electron chi connectivity index (χ3n) is 2.31. The number of aliphatic carboxylic acids is 1. The number of hydrogen-bond donors (Lipinski definition) is 3. The zero-order valence-electron chi connectivity index (χ0n) is 10.5. The summed E-state index contributed by atoms with van der Waals surface area (Å²) >= 11 is 0. The van der Waals surface area contributed by atoms with Crippen LogP contribution in [0.25, 0.3) is 0 Å². The molecule has 0 radical (unpaired) electrons. The molecule has 0 fully saturated rings. The molecule has 0 bridgehead atoms. The summed E-state index contributed by atoms with van der Waals surface area (Å²) in [5, 5.41) is 15.2. The van der Waals surface area contributed by atoms with Crippen LogP contribution in [-0.4, -0.2) is 51.3 Å². The van der Waals surface area contributed by atoms with Gasteiger partial charge in [0, 0.05) is 25.9 Å². The Morgan fingerprint density at radius 2 is 2.21 bits per heavy atom. The van der Waals surface area contributed by atoms with Crippen LogP contribution in [0, 0.1) is 0 Å². The number of carbonyl (C=O) groups excluding carboxylic acids is 2. The van der Waals surface area contributed by atoms with Gasteiger partial charge in [-0.3, -0.25) is 9.48 Å². The van der Waals surface area contributed by atoms with E-state index in [9.17, 15) is 14.4 Å². The lowest BCUT2D eigenvalue weighted by Crippen LogP contribution is -2.44. The number of urea groups is 1. The highest BCUT2D eigenvalue weighted by Gasteiger charge is 2.25. The number of carbonyl (C=O) groups is 3. The van der Waals surface area contributed by atoms with E-state index < -0.39 is 23.9 Å². The lowest BCUT2D eigenvalue weighted by Gasteiger charge is -2.19. The number of carboxylic acid groups (broad SMARTS) is 1. The van der Waals surface area contributed by atoms with Crippen LogP contribution in [0.1, 0.15) is 11.6 Å². The van der Waals surface area contributed by atoms with E-state index in [1.54, 1.807) is 7.05 Å². The molecule has 9 nitrogen and oxygen atoms in total. The van der Waals surface area contributed by atoms with Crippen molar-refractivity contribution in [1.82, 2.24) is 20.0 Å². The molecule has 0 aliphatic carbocycles. The standard InChI is InChI=1S/C10H15N5O4/c1-14(5-7(11)16)10(19)13-8(9(17)18)6-3-12-15(2)4-6/h3-4,8H,5H2,1-2H3,(H2,11,16)(H,13,19)(H,17,18). The van der Waals surface area contributed by atoms with Gasteiger partial charge in [-0.25, -0.2) is 9.59 Å². The molecular formula is C10H15N5O4. The average molecular weight is 269 g/mol. The summed E-state index contributed by atoms with van der Waals surface area (Å²) in [6.45, 7) is -0.300. The first-order chi connectivity index (χ1) is 8.81. The monoisotopic (exact) mass is 269 g/mol. The maximum atomic E-state index is 11.7. The summed E-state index contributed by atoms with van der Waals surface area (Å²) in [7, 11) is 2.96. The molecule has 19 heavy (non-hydrogen) atoms. The van der Waals surface area contributed by atoms with Gasteiger partial charge in [-0.1, -0.05) is 0 Å². The van der Waals surface area contributed by atoms with Crippen LogP contribution < -0.4 is 11.1 Å². The molecule has 104 valence electrons. The van der Waals surface area contributed by atoms with E-state index in [0.29, 0.717) is 5.56 Å². The number of primary amides is 1. The zero-order chi connectivity index (χ0) is 14.6. The average Bonchev–Trinajstić information content (AvgIpc) is 2.70. The van der Waals surface area contributed by atoms with E-state index in [-0.39, 0.29) is 6.54 Å². The molecule has 1 rings (SSSR count). The van der Waals surface area contributed by atoms with Gasteiger partial charge in [0.05, 0.1) is 6.20 Å². The molecule has 0 saturated carbocycles. The number of nitrogens with two attached hydrogens (primary N) is 1. The van der Waals surface area contributed by atoms with Crippen molar-refractivity contribution in [2.45, 2.75) is 6.04 Å². The normalized spacial score (nSPS) is 11.7. The molecule has 1 unspecified atom stereocenters. The SMILES string of the molecule is CN(CC(N)=O)C(=O)NC(C(=O)O)c1cnn(C)c1. The highest BCUT2D eigenvalue weighted by Crippen LogP contribution is 2.12. The summed E-state index contributed by atoms with van der Waals surface area (Å²) < 4.78 is 1.42. The number of hydrogen-bond acceptors (Lipinski definition) is 4. The molecule has 0 aromatic carbocycles. The fraction of sp³-hybridized carbons (Fsp3) is 0.400. The number of aryl methyl sites for hydroxylation is 1. The fourth-order valence-electron chi connectivity index (χ4n) is 1.42. The first-order valence-corrected chi connectivity index (χ1v) is 5.32. The molecule has 1 aromatic heterocycles. The van der Waals surface area contributed by atoms with E-state index in [2.05, 4.69) is 10.4 Å². The molecule has 1 aromatic rings. The summed E-state index contributed by atoms with van der Waals surface area (Å²) in [6, 6.07) is -1.95. The van der Waals surface area contributed by atoms with Gasteiger partial charge in [-0.05, 0) is 0 Å². The van der Waals surface area contributed by atoms with Crippen LogP contribution in [0.2, 0.25) is 0 Å². The largest absolute Gasteiger partial charge is 0.479 e. The minimum atomic E-state index is -1.24. The van der Waals surface area contributed by atoms with Crippen molar-refractivity contribution in [3.8, 4) is 0 Å². The molecule has 1 atom stereocenters. The quantitative estimate of drug-likeness (QED) is 0.609. The highest BCUT2D eigenvalue weighted by molar-refractivity contribution is 5.86. The molecule has 0 saturated heterocycles. The number of rotatable bonds is 5. The second-order valence-corrected chi connectivity index (χ2v) is 3.99. The van der Waals surface area contributed by atoms with E-state index in [4.69, 9.17) is 10.8 Å². The Kier molecular flexibility index (Phi) is 4.46. The van der Waals surface area contributed by atoms with Crippen LogP contribution in [0.3, 0.4) is 0 Å². The Morgan fingerprint density at radius 1 is 1.58 bits per heavy atom. The van der Waals surface area contributed by atoms with Gasteiger partial charge < -0.3 is 21.1 Å². The third-order valence-corrected chi connectivity index (χ3v) is 2.31. The number of carboxylic acids is 1. The van der Waals surface area contributed by atoms with Crippen LogP contribution in [-0.2, 0) is 16.6 Å². The Morgan fingerprint density at radius 3 is 2.63 bits per heavy atom. The maximum absolute atomic E-state index is 11.7. The molecule has 3 amide bonds. The van der Waals surface area contributed by atoms with Gasteiger partial charge in [-0.15, -0.1) is 0 Å². The van der Waals surface area contributed by atoms with Gasteiger partial charge in [0.25, 0.3) is 0 Å². The highest BCUT2D eigenvalue weighted by atomic mass is 16.4. The second kappa shape index (κ2) is 5.85. The maximum Gasteiger partial charge on any atom is 0.331 e. The van der Waals surface area contributed by atoms with E-state index in [1.165, 1.54) is 24.1 Å². The van der Waals surface area contributed by atoms with Crippen molar-refractivity contribution in [3.63, 3.8) is 0 Å². The third kappa shape index (κ3) is 3.98. The topological polar surface area (TPSA) is 131 Å². The number of nitrogens with one attached hydrogen (secondary N) is 1. The first kappa shape index (κ1) is 14.5. The Balaban J connectivity index is 2.77. The molecule has 0 aliphatic rings. The fourth-order valence-corrected chi connectivity index (χ4v) is 1.42. The van der Waals surface area contributed by atoms with Gasteiger partial charge in [0.2, 0.25) is 5.91 Å². The lowest BCUT2D eigenvalue weighted by molar-refractivity contribution is -0.139. The summed E-state index contributed by atoms with van der Waals surface area (Å²) in [6.07, 6.45) is 2.82. The first-order valence-electron chi connectivity index (χ1n) is 5.32. The smallest absolute Gasteiger partial charge is 0.331 e. The zero-order valence-corrected chi connectivity index (χ0v) is 10.5. The Bertz CT molecular complexity index is 498. The van der Waals surface area contributed by atoms with E-state index in [1.807, 2.05) is 0 Å². The van der Waals surface area contributed by atoms with E-state index >= 15 is 0 Å². The van der Waals surface area contributed by atoms with Gasteiger partial charge in [0.1, 0.15) is 6.54 Å². The number of aromatic nitrogens is 2. The van der Waals surface area contributed by atoms with Crippen LogP contribution in [0.15, 0.2) is 12.4 Å². The van der Waals surface area contributed by atoms with Crippen LogP contribution >= 0.6 is 0 Å². The minimum Gasteiger partial charge on any atom is -0.479 e. The summed E-state index contributed by atoms with van der Waals surface area (Å²) in [5.41, 5.74) is 5.28. The molecule has 1 heterocycles. The molecular weight excluding hydrogens is 254 g/mol. The van der Waals surface area contributed by atoms with Crippen molar-refractivity contribution in [3.05, 3.63) is 18.0 Å². The predicted molar refractivity (Wildman–Crippen MR) is 63.9 cm³/mol. The van der Waals surface area contributed by atoms with Crippen molar-refractivity contribution < 1.29 is 19.5 Å². The van der Waals surface area contributed by atoms with Crippen LogP contribution in [0.5, 0.6) is 0 Å². The minimum absolute atomic E-state index is 0.300. The van der Waals surface area contributed by atoms with Gasteiger partial charge in [-0.2, -0.15) is 5.10 Å². The molecule has 9 heteroatoms. The summed E-state index contributed by atoms with van der Waals surface area (Å²) in [5.74, 6) is -1.92. The number of nitrogens with zero attached hydrogens (tertiary/aromatic N) is 3. The lowest BCUT2D eigenvalue weighted by atomic mass is 10.1. The second-order valence-electron chi connectivity index (χ2n) is 3.99. The predicted octanol–water partition coefficient (Wildman–Crippen LogP) is -1.33. The van der Waals surface area contributed by atoms with Crippen LogP contribution in [0.4, 0.5) is 4.79 Å². The van der Waals surface area contributed by atoms with Crippen molar-refractivity contribution in [2.24, 2.45) is 12.8 Å². The molecule has 4 N–H and O–H groups in total. The molecule has 0 aliphatic heterocycles. The van der Waals surface area contributed by atoms with Gasteiger partial charge >= 0.3 is 12.0 Å². The number of likely N-dealkylation sites (N-methyl/N-ethyl adjacent to an activating group) is 1. The van der Waals surface area contributed by atoms with Crippen molar-refractivity contribution >= 4 is 17.9 Å². The van der Waals surface area contributed by atoms with Crippen molar-refractivity contribution in [1.29, 1.82) is 0 Å². The van der Waals surface area contributed by atoms with Gasteiger partial charge in [0.15, 0.2) is 6.04 Å². The van der Waals surface area contributed by atoms with E-state index in [0.717, 1.165) is 4.90 Å². The van der Waals surface area contributed by atoms with Crippen molar-refractivity contribution in [2.75, 3.05) is 13.6 Å². The molecule has 0 spiro atoms. The summed E-state index contributed by atoms with van der Waals surface area (Å²) in [4.78, 5) is 34.5.